The zero-order chi connectivity index (χ0) is 17.7. The third-order valence-corrected chi connectivity index (χ3v) is 3.74. The van der Waals surface area contributed by atoms with E-state index in [1.807, 2.05) is 0 Å². The molecule has 1 N–H and O–H groups in total. The molecule has 0 aliphatic carbocycles. The minimum absolute atomic E-state index is 0.187. The summed E-state index contributed by atoms with van der Waals surface area (Å²) in [5.41, 5.74) is 0.461. The van der Waals surface area contributed by atoms with Crippen molar-refractivity contribution in [2.45, 2.75) is 12.5 Å². The molecule has 2 rings (SSSR count). The second kappa shape index (κ2) is 7.69. The molecule has 1 amide bonds. The number of nitro groups is 1. The number of carboxylic acid groups (broad SMARTS) is 1. The van der Waals surface area contributed by atoms with Crippen LogP contribution in [0.1, 0.15) is 28.4 Å². The van der Waals surface area contributed by atoms with Crippen LogP contribution in [-0.4, -0.2) is 16.8 Å². The van der Waals surface area contributed by atoms with Crippen LogP contribution in [0.15, 0.2) is 53.0 Å². The van der Waals surface area contributed by atoms with Crippen LogP contribution in [0.5, 0.6) is 0 Å². The number of carboxylic acids is 1. The smallest absolute Gasteiger partial charge is 0.269 e. The van der Waals surface area contributed by atoms with Crippen LogP contribution < -0.4 is 10.4 Å². The number of benzene rings is 2. The molecule has 7 nitrogen and oxygen atoms in total. The number of nitro benzene ring substituents is 1. The Labute approximate surface area is 145 Å². The van der Waals surface area contributed by atoms with Crippen molar-refractivity contribution in [3.8, 4) is 0 Å². The van der Waals surface area contributed by atoms with Gasteiger partial charge in [-0.2, -0.15) is 0 Å². The highest BCUT2D eigenvalue weighted by Gasteiger charge is 2.18. The Morgan fingerprint density at radius 1 is 1.17 bits per heavy atom. The molecule has 0 radical (unpaired) electrons. The number of nitrogens with zero attached hydrogens (tertiary/aromatic N) is 1. The Kier molecular flexibility index (Phi) is 5.64. The van der Waals surface area contributed by atoms with Gasteiger partial charge in [0.1, 0.15) is 0 Å². The van der Waals surface area contributed by atoms with E-state index in [0.717, 1.165) is 0 Å². The highest BCUT2D eigenvalue weighted by molar-refractivity contribution is 9.10. The van der Waals surface area contributed by atoms with Crippen LogP contribution >= 0.6 is 15.9 Å². The standard InChI is InChI=1S/C16H13BrN2O5/c17-12-5-1-4-11(7-12)16(22)18-14(9-15(20)21)10-3-2-6-13(8-10)19(23)24/h1-8,14H,9H2,(H,18,22)(H,20,21)/p-1. The predicted molar refractivity (Wildman–Crippen MR) is 87.1 cm³/mol. The van der Waals surface area contributed by atoms with Gasteiger partial charge in [0.15, 0.2) is 0 Å². The lowest BCUT2D eigenvalue weighted by Crippen LogP contribution is -2.34. The molecular weight excluding hydrogens is 380 g/mol. The maximum atomic E-state index is 12.3. The van der Waals surface area contributed by atoms with Crippen molar-refractivity contribution in [2.75, 3.05) is 0 Å². The number of nitrogens with one attached hydrogen (secondary N) is 1. The Hall–Kier alpha value is -2.74. The lowest BCUT2D eigenvalue weighted by Gasteiger charge is -2.20. The number of hydrogen-bond donors (Lipinski definition) is 1. The maximum Gasteiger partial charge on any atom is 0.269 e. The van der Waals surface area contributed by atoms with Crippen molar-refractivity contribution >= 4 is 33.5 Å². The number of carbonyl (C=O) groups is 2. The zero-order valence-corrected chi connectivity index (χ0v) is 13.9. The van der Waals surface area contributed by atoms with Crippen molar-refractivity contribution in [1.29, 1.82) is 0 Å². The van der Waals surface area contributed by atoms with Crippen molar-refractivity contribution in [3.63, 3.8) is 0 Å². The van der Waals surface area contributed by atoms with E-state index in [1.165, 1.54) is 24.3 Å². The van der Waals surface area contributed by atoms with Gasteiger partial charge in [0.05, 0.1) is 11.0 Å². The molecule has 0 spiro atoms. The first-order valence-corrected chi connectivity index (χ1v) is 7.66. The average molecular weight is 392 g/mol. The number of halogens is 1. The molecule has 8 heteroatoms. The van der Waals surface area contributed by atoms with E-state index >= 15 is 0 Å². The third-order valence-electron chi connectivity index (χ3n) is 3.25. The van der Waals surface area contributed by atoms with E-state index in [9.17, 15) is 24.8 Å². The first kappa shape index (κ1) is 17.6. The number of amides is 1. The second-order valence-electron chi connectivity index (χ2n) is 4.96. The van der Waals surface area contributed by atoms with Gasteiger partial charge in [0, 0.05) is 34.6 Å². The van der Waals surface area contributed by atoms with E-state index in [1.54, 1.807) is 24.3 Å². The largest absolute Gasteiger partial charge is 0.550 e. The molecule has 0 saturated carbocycles. The molecule has 0 saturated heterocycles. The summed E-state index contributed by atoms with van der Waals surface area (Å²) in [4.78, 5) is 33.5. The first-order valence-electron chi connectivity index (χ1n) is 6.87. The number of hydrogen-bond acceptors (Lipinski definition) is 5. The molecule has 0 bridgehead atoms. The van der Waals surface area contributed by atoms with Crippen LogP contribution in [0, 0.1) is 10.1 Å². The summed E-state index contributed by atoms with van der Waals surface area (Å²) >= 11 is 3.25. The van der Waals surface area contributed by atoms with Gasteiger partial charge < -0.3 is 15.2 Å². The van der Waals surface area contributed by atoms with Crippen molar-refractivity contribution in [1.82, 2.24) is 5.32 Å². The Balaban J connectivity index is 2.28. The molecule has 0 heterocycles. The fourth-order valence-corrected chi connectivity index (χ4v) is 2.54. The van der Waals surface area contributed by atoms with Crippen molar-refractivity contribution in [3.05, 3.63) is 74.2 Å². The van der Waals surface area contributed by atoms with Crippen LogP contribution in [0.2, 0.25) is 0 Å². The molecule has 2 aromatic carbocycles. The van der Waals surface area contributed by atoms with Gasteiger partial charge in [-0.3, -0.25) is 14.9 Å². The minimum atomic E-state index is -1.37. The molecule has 1 unspecified atom stereocenters. The first-order chi connectivity index (χ1) is 11.4. The van der Waals surface area contributed by atoms with Gasteiger partial charge in [-0.05, 0) is 23.8 Å². The molecular formula is C16H12BrN2O5-. The molecule has 0 aromatic heterocycles. The fraction of sp³-hybridized carbons (Fsp3) is 0.125. The van der Waals surface area contributed by atoms with E-state index in [0.29, 0.717) is 15.6 Å². The number of carbonyl (C=O) groups excluding carboxylic acids is 2. The maximum absolute atomic E-state index is 12.3. The predicted octanol–water partition coefficient (Wildman–Crippen LogP) is 1.97. The molecule has 0 aliphatic rings. The highest BCUT2D eigenvalue weighted by Crippen LogP contribution is 2.22. The van der Waals surface area contributed by atoms with Gasteiger partial charge in [-0.25, -0.2) is 0 Å². The van der Waals surface area contributed by atoms with Crippen LogP contribution in [0.25, 0.3) is 0 Å². The van der Waals surface area contributed by atoms with Crippen LogP contribution in [0.3, 0.4) is 0 Å². The number of aliphatic carboxylic acids is 1. The third kappa shape index (κ3) is 4.63. The number of non-ortho nitro benzene ring substituents is 1. The molecule has 1 atom stereocenters. The molecule has 24 heavy (non-hydrogen) atoms. The van der Waals surface area contributed by atoms with E-state index in [-0.39, 0.29) is 5.69 Å². The molecule has 0 fully saturated rings. The molecule has 0 aliphatic heterocycles. The quantitative estimate of drug-likeness (QED) is 0.597. The monoisotopic (exact) mass is 391 g/mol. The Morgan fingerprint density at radius 2 is 1.88 bits per heavy atom. The fourth-order valence-electron chi connectivity index (χ4n) is 2.15. The summed E-state index contributed by atoms with van der Waals surface area (Å²) in [6.45, 7) is 0. The Morgan fingerprint density at radius 3 is 2.50 bits per heavy atom. The SMILES string of the molecule is O=C([O-])CC(NC(=O)c1cccc(Br)c1)c1cccc([N+](=O)[O-])c1. The van der Waals surface area contributed by atoms with Crippen LogP contribution in [-0.2, 0) is 4.79 Å². The minimum Gasteiger partial charge on any atom is -0.550 e. The lowest BCUT2D eigenvalue weighted by atomic mass is 10.0. The molecule has 124 valence electrons. The van der Waals surface area contributed by atoms with Gasteiger partial charge >= 0.3 is 0 Å². The summed E-state index contributed by atoms with van der Waals surface area (Å²) < 4.78 is 0.696. The topological polar surface area (TPSA) is 112 Å². The zero-order valence-electron chi connectivity index (χ0n) is 12.3. The van der Waals surface area contributed by atoms with Gasteiger partial charge in [0.25, 0.3) is 11.6 Å². The van der Waals surface area contributed by atoms with Gasteiger partial charge in [-0.1, -0.05) is 34.1 Å². The molecule has 2 aromatic rings. The Bertz CT molecular complexity index is 794. The van der Waals surface area contributed by atoms with E-state index < -0.39 is 29.3 Å². The van der Waals surface area contributed by atoms with Gasteiger partial charge in [-0.15, -0.1) is 0 Å². The summed E-state index contributed by atoms with van der Waals surface area (Å²) in [6, 6.07) is 11.1. The van der Waals surface area contributed by atoms with E-state index in [4.69, 9.17) is 0 Å². The van der Waals surface area contributed by atoms with Crippen molar-refractivity contribution < 1.29 is 19.6 Å². The highest BCUT2D eigenvalue weighted by atomic mass is 79.9. The summed E-state index contributed by atoms with van der Waals surface area (Å²) in [7, 11) is 0. The van der Waals surface area contributed by atoms with Crippen molar-refractivity contribution in [2.24, 2.45) is 0 Å². The summed E-state index contributed by atoms with van der Waals surface area (Å²) in [5.74, 6) is -1.87. The second-order valence-corrected chi connectivity index (χ2v) is 5.88. The van der Waals surface area contributed by atoms with Crippen LogP contribution in [0.4, 0.5) is 5.69 Å². The van der Waals surface area contributed by atoms with Gasteiger partial charge in [0.2, 0.25) is 0 Å². The lowest BCUT2D eigenvalue weighted by molar-refractivity contribution is -0.385. The summed E-state index contributed by atoms with van der Waals surface area (Å²) in [6.07, 6.45) is -0.499. The number of rotatable bonds is 6. The summed E-state index contributed by atoms with van der Waals surface area (Å²) in [5, 5.41) is 24.4. The average Bonchev–Trinajstić information content (AvgIpc) is 2.54. The van der Waals surface area contributed by atoms with E-state index in [2.05, 4.69) is 21.2 Å². The normalized spacial score (nSPS) is 11.5.